The van der Waals surface area contributed by atoms with Crippen LogP contribution in [0.3, 0.4) is 0 Å². The molecule has 3 heteroatoms. The minimum atomic E-state index is 0.318. The molecule has 0 heterocycles. The number of rotatable bonds is 12. The molecule has 0 aliphatic heterocycles. The summed E-state index contributed by atoms with van der Waals surface area (Å²) in [7, 11) is 4.13. The Bertz CT molecular complexity index is 264. The van der Waals surface area contributed by atoms with E-state index >= 15 is 0 Å². The van der Waals surface area contributed by atoms with Crippen LogP contribution in [0.25, 0.3) is 0 Å². The predicted octanol–water partition coefficient (Wildman–Crippen LogP) is 4.17. The van der Waals surface area contributed by atoms with Crippen LogP contribution in [0.2, 0.25) is 0 Å². The van der Waals surface area contributed by atoms with Crippen LogP contribution in [0.1, 0.15) is 72.6 Å². The Morgan fingerprint density at radius 2 is 1.48 bits per heavy atom. The van der Waals surface area contributed by atoms with E-state index in [-0.39, 0.29) is 0 Å². The predicted molar refractivity (Wildman–Crippen MR) is 92.6 cm³/mol. The van der Waals surface area contributed by atoms with Gasteiger partial charge in [0.05, 0.1) is 0 Å². The zero-order valence-electron chi connectivity index (χ0n) is 15.3. The van der Waals surface area contributed by atoms with E-state index in [4.69, 9.17) is 0 Å². The molecule has 21 heavy (non-hydrogen) atoms. The Hall–Kier alpha value is -0.570. The third-order valence-electron chi connectivity index (χ3n) is 4.23. The second kappa shape index (κ2) is 12.0. The van der Waals surface area contributed by atoms with Crippen LogP contribution in [0.15, 0.2) is 0 Å². The lowest BCUT2D eigenvalue weighted by molar-refractivity contribution is -0.130. The summed E-state index contributed by atoms with van der Waals surface area (Å²) in [5, 5.41) is 0. The first-order valence-corrected chi connectivity index (χ1v) is 8.78. The second-order valence-corrected chi connectivity index (χ2v) is 7.09. The molecule has 0 radical (unpaired) electrons. The lowest BCUT2D eigenvalue weighted by Crippen LogP contribution is -2.27. The van der Waals surface area contributed by atoms with E-state index in [1.54, 1.807) is 0 Å². The molecule has 0 aromatic heterocycles. The average molecular weight is 299 g/mol. The van der Waals surface area contributed by atoms with E-state index in [0.717, 1.165) is 31.7 Å². The van der Waals surface area contributed by atoms with E-state index in [1.807, 2.05) is 11.9 Å². The molecule has 0 saturated heterocycles. The Balaban J connectivity index is 3.52. The van der Waals surface area contributed by atoms with E-state index in [2.05, 4.69) is 39.6 Å². The minimum Gasteiger partial charge on any atom is -0.346 e. The van der Waals surface area contributed by atoms with Gasteiger partial charge in [0.25, 0.3) is 0 Å². The summed E-state index contributed by atoms with van der Waals surface area (Å²) in [6.45, 7) is 11.0. The van der Waals surface area contributed by atoms with Gasteiger partial charge < -0.3 is 9.80 Å². The first-order chi connectivity index (χ1) is 9.84. The summed E-state index contributed by atoms with van der Waals surface area (Å²) in [4.78, 5) is 16.3. The van der Waals surface area contributed by atoms with Crippen molar-refractivity contribution < 1.29 is 4.79 Å². The monoisotopic (exact) mass is 298 g/mol. The molecule has 0 atom stereocenters. The van der Waals surface area contributed by atoms with E-state index in [9.17, 15) is 4.79 Å². The van der Waals surface area contributed by atoms with Crippen LogP contribution in [0.5, 0.6) is 0 Å². The molecule has 0 aliphatic carbocycles. The summed E-state index contributed by atoms with van der Waals surface area (Å²) < 4.78 is 0. The van der Waals surface area contributed by atoms with Crippen LogP contribution in [0.4, 0.5) is 0 Å². The first kappa shape index (κ1) is 20.4. The topological polar surface area (TPSA) is 23.6 Å². The number of carbonyl (C=O) groups is 1. The van der Waals surface area contributed by atoms with Crippen molar-refractivity contribution in [1.82, 2.24) is 9.80 Å². The van der Waals surface area contributed by atoms with E-state index in [1.165, 1.54) is 32.2 Å². The van der Waals surface area contributed by atoms with Gasteiger partial charge in [0.15, 0.2) is 0 Å². The van der Waals surface area contributed by atoms with Gasteiger partial charge in [-0.05, 0) is 59.0 Å². The van der Waals surface area contributed by atoms with E-state index in [0.29, 0.717) is 11.9 Å². The van der Waals surface area contributed by atoms with Gasteiger partial charge in [-0.2, -0.15) is 0 Å². The van der Waals surface area contributed by atoms with Crippen LogP contribution in [-0.4, -0.2) is 48.9 Å². The standard InChI is InChI=1S/C18H38N2O/c1-16(2)12-11-15-20(6)18(21)13-9-7-8-10-14-19(5)17(3)4/h16-17H,7-15H2,1-6H3. The fraction of sp³-hybridized carbons (Fsp3) is 0.944. The first-order valence-electron chi connectivity index (χ1n) is 8.78. The highest BCUT2D eigenvalue weighted by Crippen LogP contribution is 2.08. The van der Waals surface area contributed by atoms with Gasteiger partial charge in [0.2, 0.25) is 5.91 Å². The highest BCUT2D eigenvalue weighted by Gasteiger charge is 2.08. The van der Waals surface area contributed by atoms with Crippen molar-refractivity contribution >= 4 is 5.91 Å². The number of unbranched alkanes of at least 4 members (excludes halogenated alkanes) is 3. The molecule has 0 aliphatic rings. The lowest BCUT2D eigenvalue weighted by Gasteiger charge is -2.20. The summed E-state index contributed by atoms with van der Waals surface area (Å²) in [5.74, 6) is 1.05. The van der Waals surface area contributed by atoms with E-state index < -0.39 is 0 Å². The summed E-state index contributed by atoms with van der Waals surface area (Å²) in [6, 6.07) is 0.631. The molecule has 3 nitrogen and oxygen atoms in total. The SMILES string of the molecule is CC(C)CCCN(C)C(=O)CCCCCCN(C)C(C)C. The number of nitrogens with zero attached hydrogens (tertiary/aromatic N) is 2. The van der Waals surface area contributed by atoms with Crippen molar-refractivity contribution in [3.63, 3.8) is 0 Å². The lowest BCUT2D eigenvalue weighted by atomic mass is 10.1. The number of hydrogen-bond donors (Lipinski definition) is 0. The Morgan fingerprint density at radius 1 is 0.857 bits per heavy atom. The van der Waals surface area contributed by atoms with Gasteiger partial charge in [-0.3, -0.25) is 4.79 Å². The Morgan fingerprint density at radius 3 is 2.05 bits per heavy atom. The molecule has 0 rings (SSSR count). The molecule has 0 spiro atoms. The number of amides is 1. The maximum atomic E-state index is 12.0. The maximum absolute atomic E-state index is 12.0. The molecule has 0 N–H and O–H groups in total. The molecule has 0 aromatic rings. The molecule has 0 bridgehead atoms. The maximum Gasteiger partial charge on any atom is 0.222 e. The van der Waals surface area contributed by atoms with Crippen molar-refractivity contribution in [1.29, 1.82) is 0 Å². The molecule has 0 fully saturated rings. The fourth-order valence-corrected chi connectivity index (χ4v) is 2.30. The molecule has 0 aromatic carbocycles. The summed E-state index contributed by atoms with van der Waals surface area (Å²) >= 11 is 0. The van der Waals surface area contributed by atoms with Gasteiger partial charge in [-0.15, -0.1) is 0 Å². The van der Waals surface area contributed by atoms with Crippen molar-refractivity contribution in [3.8, 4) is 0 Å². The second-order valence-electron chi connectivity index (χ2n) is 7.09. The van der Waals surface area contributed by atoms with Crippen molar-refractivity contribution in [3.05, 3.63) is 0 Å². The Kier molecular flexibility index (Phi) is 11.7. The normalized spacial score (nSPS) is 11.7. The van der Waals surface area contributed by atoms with Gasteiger partial charge in [-0.1, -0.05) is 26.7 Å². The van der Waals surface area contributed by atoms with Crippen LogP contribution >= 0.6 is 0 Å². The quantitative estimate of drug-likeness (QED) is 0.505. The van der Waals surface area contributed by atoms with Crippen LogP contribution in [-0.2, 0) is 4.79 Å². The van der Waals surface area contributed by atoms with Gasteiger partial charge in [-0.25, -0.2) is 0 Å². The fourth-order valence-electron chi connectivity index (χ4n) is 2.30. The molecule has 0 saturated carbocycles. The zero-order valence-corrected chi connectivity index (χ0v) is 15.3. The smallest absolute Gasteiger partial charge is 0.222 e. The van der Waals surface area contributed by atoms with Crippen molar-refractivity contribution in [2.75, 3.05) is 27.2 Å². The minimum absolute atomic E-state index is 0.318. The third-order valence-corrected chi connectivity index (χ3v) is 4.23. The number of hydrogen-bond acceptors (Lipinski definition) is 2. The van der Waals surface area contributed by atoms with Crippen molar-refractivity contribution in [2.24, 2.45) is 5.92 Å². The zero-order chi connectivity index (χ0) is 16.3. The highest BCUT2D eigenvalue weighted by atomic mass is 16.2. The van der Waals surface area contributed by atoms with Crippen LogP contribution in [0, 0.1) is 5.92 Å². The largest absolute Gasteiger partial charge is 0.346 e. The molecule has 126 valence electrons. The third kappa shape index (κ3) is 11.7. The molecular weight excluding hydrogens is 260 g/mol. The Labute approximate surface area is 133 Å². The van der Waals surface area contributed by atoms with Gasteiger partial charge in [0, 0.05) is 26.1 Å². The average Bonchev–Trinajstić information content (AvgIpc) is 2.41. The summed E-state index contributed by atoms with van der Waals surface area (Å²) in [5.41, 5.74) is 0. The van der Waals surface area contributed by atoms with Crippen LogP contribution < -0.4 is 0 Å². The summed E-state index contributed by atoms with van der Waals surface area (Å²) in [6.07, 6.45) is 7.76. The molecule has 1 amide bonds. The highest BCUT2D eigenvalue weighted by molar-refractivity contribution is 5.75. The number of carbonyl (C=O) groups excluding carboxylic acids is 1. The van der Waals surface area contributed by atoms with Crippen molar-refractivity contribution in [2.45, 2.75) is 78.7 Å². The van der Waals surface area contributed by atoms with Gasteiger partial charge in [0.1, 0.15) is 0 Å². The molecule has 0 unspecified atom stereocenters. The van der Waals surface area contributed by atoms with Gasteiger partial charge >= 0.3 is 0 Å². The molecular formula is C18H38N2O.